The molecule has 1 unspecified atom stereocenters. The second-order valence-corrected chi connectivity index (χ2v) is 6.64. The summed E-state index contributed by atoms with van der Waals surface area (Å²) in [5, 5.41) is 2.57. The molecule has 0 saturated carbocycles. The molecule has 1 N–H and O–H groups in total. The van der Waals surface area contributed by atoms with Gasteiger partial charge in [0.25, 0.3) is 5.91 Å². The Bertz CT molecular complexity index is 455. The van der Waals surface area contributed by atoms with E-state index in [1.807, 2.05) is 0 Å². The van der Waals surface area contributed by atoms with E-state index in [9.17, 15) is 13.6 Å². The molecule has 0 bridgehead atoms. The van der Waals surface area contributed by atoms with Gasteiger partial charge >= 0.3 is 0 Å². The minimum absolute atomic E-state index is 0.0861. The molecule has 0 aromatic heterocycles. The van der Waals surface area contributed by atoms with Gasteiger partial charge in [0.1, 0.15) is 17.2 Å². The molecule has 1 rings (SSSR count). The third kappa shape index (κ3) is 4.52. The van der Waals surface area contributed by atoms with E-state index in [0.29, 0.717) is 12.5 Å². The van der Waals surface area contributed by atoms with Crippen LogP contribution in [-0.2, 0) is 0 Å². The standard InChI is InChI=1S/C14H17Br2F2NO/c1-3-8(4-2)10(16)7-19-14(20)13-11(17)5-9(15)6-12(13)18/h5-6,8,10H,3-4,7H2,1-2H3,(H,19,20). The van der Waals surface area contributed by atoms with Crippen molar-refractivity contribution in [1.29, 1.82) is 0 Å². The summed E-state index contributed by atoms with van der Waals surface area (Å²) in [6, 6.07) is 2.15. The lowest BCUT2D eigenvalue weighted by atomic mass is 9.99. The van der Waals surface area contributed by atoms with Gasteiger partial charge in [-0.25, -0.2) is 8.78 Å². The zero-order valence-corrected chi connectivity index (χ0v) is 14.5. The predicted molar refractivity (Wildman–Crippen MR) is 83.2 cm³/mol. The fourth-order valence-corrected chi connectivity index (χ4v) is 3.32. The van der Waals surface area contributed by atoms with Crippen molar-refractivity contribution in [3.63, 3.8) is 0 Å². The molecule has 1 amide bonds. The van der Waals surface area contributed by atoms with Crippen LogP contribution < -0.4 is 5.32 Å². The van der Waals surface area contributed by atoms with E-state index in [-0.39, 0.29) is 9.30 Å². The fraction of sp³-hybridized carbons (Fsp3) is 0.500. The van der Waals surface area contributed by atoms with E-state index in [0.717, 1.165) is 25.0 Å². The first-order valence-corrected chi connectivity index (χ1v) is 8.18. The molecule has 0 aliphatic carbocycles. The Morgan fingerprint density at radius 1 is 1.25 bits per heavy atom. The third-order valence-electron chi connectivity index (χ3n) is 3.25. The predicted octanol–water partition coefficient (Wildman–Crippen LogP) is 4.66. The number of alkyl halides is 1. The van der Waals surface area contributed by atoms with Crippen LogP contribution in [-0.4, -0.2) is 17.3 Å². The monoisotopic (exact) mass is 411 g/mol. The fourth-order valence-electron chi connectivity index (χ4n) is 2.00. The summed E-state index contributed by atoms with van der Waals surface area (Å²) >= 11 is 6.48. The van der Waals surface area contributed by atoms with E-state index in [4.69, 9.17) is 0 Å². The molecule has 6 heteroatoms. The molecule has 0 heterocycles. The van der Waals surface area contributed by atoms with E-state index >= 15 is 0 Å². The molecule has 0 saturated heterocycles. The van der Waals surface area contributed by atoms with Crippen molar-refractivity contribution < 1.29 is 13.6 Å². The van der Waals surface area contributed by atoms with Gasteiger partial charge in [-0.2, -0.15) is 0 Å². The smallest absolute Gasteiger partial charge is 0.257 e. The minimum Gasteiger partial charge on any atom is -0.351 e. The average Bonchev–Trinajstić information content (AvgIpc) is 2.36. The third-order valence-corrected chi connectivity index (χ3v) is 4.78. The van der Waals surface area contributed by atoms with E-state index in [1.54, 1.807) is 0 Å². The summed E-state index contributed by atoms with van der Waals surface area (Å²) in [7, 11) is 0. The summed E-state index contributed by atoms with van der Waals surface area (Å²) in [6.45, 7) is 4.47. The summed E-state index contributed by atoms with van der Waals surface area (Å²) in [5.74, 6) is -2.07. The highest BCUT2D eigenvalue weighted by molar-refractivity contribution is 9.10. The molecule has 1 aromatic rings. The van der Waals surface area contributed by atoms with Crippen LogP contribution >= 0.6 is 31.9 Å². The lowest BCUT2D eigenvalue weighted by Gasteiger charge is -2.20. The summed E-state index contributed by atoms with van der Waals surface area (Å²) < 4.78 is 27.5. The van der Waals surface area contributed by atoms with Gasteiger partial charge in [0.15, 0.2) is 0 Å². The van der Waals surface area contributed by atoms with Crippen molar-refractivity contribution >= 4 is 37.8 Å². The molecule has 20 heavy (non-hydrogen) atoms. The van der Waals surface area contributed by atoms with Crippen LogP contribution in [0.15, 0.2) is 16.6 Å². The molecule has 0 fully saturated rings. The van der Waals surface area contributed by atoms with Crippen LogP contribution in [0.2, 0.25) is 0 Å². The zero-order valence-electron chi connectivity index (χ0n) is 11.4. The van der Waals surface area contributed by atoms with Crippen LogP contribution in [0, 0.1) is 17.6 Å². The Kier molecular flexibility index (Phi) is 7.09. The first-order valence-electron chi connectivity index (χ1n) is 6.47. The molecular weight excluding hydrogens is 396 g/mol. The van der Waals surface area contributed by atoms with Gasteiger partial charge in [-0.05, 0) is 18.1 Å². The van der Waals surface area contributed by atoms with E-state index in [1.165, 1.54) is 0 Å². The molecule has 0 aliphatic heterocycles. The number of hydrogen-bond donors (Lipinski definition) is 1. The highest BCUT2D eigenvalue weighted by atomic mass is 79.9. The number of hydrogen-bond acceptors (Lipinski definition) is 1. The highest BCUT2D eigenvalue weighted by Crippen LogP contribution is 2.21. The Labute approximate surface area is 134 Å². The van der Waals surface area contributed by atoms with Crippen LogP contribution in [0.1, 0.15) is 37.0 Å². The molecule has 0 spiro atoms. The van der Waals surface area contributed by atoms with E-state index < -0.39 is 23.1 Å². The molecule has 0 aliphatic rings. The van der Waals surface area contributed by atoms with Gasteiger partial charge in [0, 0.05) is 15.8 Å². The Hall–Kier alpha value is -0.490. The van der Waals surface area contributed by atoms with Gasteiger partial charge in [0.05, 0.1) is 0 Å². The molecule has 1 aromatic carbocycles. The first kappa shape index (κ1) is 17.6. The lowest BCUT2D eigenvalue weighted by molar-refractivity contribution is 0.0943. The van der Waals surface area contributed by atoms with Crippen molar-refractivity contribution in [3.8, 4) is 0 Å². The lowest BCUT2D eigenvalue weighted by Crippen LogP contribution is -2.33. The number of nitrogens with one attached hydrogen (secondary N) is 1. The summed E-state index contributed by atoms with van der Waals surface area (Å²) in [6.07, 6.45) is 1.95. The average molecular weight is 413 g/mol. The van der Waals surface area contributed by atoms with Crippen LogP contribution in [0.5, 0.6) is 0 Å². The van der Waals surface area contributed by atoms with Crippen LogP contribution in [0.25, 0.3) is 0 Å². The van der Waals surface area contributed by atoms with Crippen molar-refractivity contribution in [1.82, 2.24) is 5.32 Å². The maximum Gasteiger partial charge on any atom is 0.257 e. The number of rotatable bonds is 6. The molecule has 0 radical (unpaired) electrons. The van der Waals surface area contributed by atoms with Gasteiger partial charge in [-0.3, -0.25) is 4.79 Å². The highest BCUT2D eigenvalue weighted by Gasteiger charge is 2.21. The first-order chi connectivity index (χ1) is 9.40. The SMILES string of the molecule is CCC(CC)C(Br)CNC(=O)c1c(F)cc(Br)cc1F. The zero-order chi connectivity index (χ0) is 15.3. The van der Waals surface area contributed by atoms with Crippen LogP contribution in [0.4, 0.5) is 8.78 Å². The van der Waals surface area contributed by atoms with Crippen LogP contribution in [0.3, 0.4) is 0 Å². The minimum atomic E-state index is -0.872. The van der Waals surface area contributed by atoms with Gasteiger partial charge in [-0.1, -0.05) is 58.5 Å². The summed E-state index contributed by atoms with van der Waals surface area (Å²) in [4.78, 5) is 12.0. The van der Waals surface area contributed by atoms with Crippen molar-refractivity contribution in [3.05, 3.63) is 33.8 Å². The number of carbonyl (C=O) groups is 1. The second-order valence-electron chi connectivity index (χ2n) is 4.55. The van der Waals surface area contributed by atoms with Gasteiger partial charge < -0.3 is 5.32 Å². The molecule has 112 valence electrons. The maximum atomic E-state index is 13.6. The largest absolute Gasteiger partial charge is 0.351 e. The molecule has 1 atom stereocenters. The van der Waals surface area contributed by atoms with Crippen molar-refractivity contribution in [2.45, 2.75) is 31.5 Å². The number of carbonyl (C=O) groups excluding carboxylic acids is 1. The Balaban J connectivity index is 2.73. The topological polar surface area (TPSA) is 29.1 Å². The number of amides is 1. The van der Waals surface area contributed by atoms with Crippen molar-refractivity contribution in [2.75, 3.05) is 6.54 Å². The Morgan fingerprint density at radius 3 is 2.20 bits per heavy atom. The maximum absolute atomic E-state index is 13.6. The van der Waals surface area contributed by atoms with Gasteiger partial charge in [0.2, 0.25) is 0 Å². The quantitative estimate of drug-likeness (QED) is 0.676. The normalized spacial score (nSPS) is 12.6. The number of benzene rings is 1. The second kappa shape index (κ2) is 8.08. The summed E-state index contributed by atoms with van der Waals surface area (Å²) in [5.41, 5.74) is -0.544. The number of halogens is 4. The van der Waals surface area contributed by atoms with Gasteiger partial charge in [-0.15, -0.1) is 0 Å². The Morgan fingerprint density at radius 2 is 1.75 bits per heavy atom. The molecular formula is C14H17Br2F2NO. The van der Waals surface area contributed by atoms with Crippen molar-refractivity contribution in [2.24, 2.45) is 5.92 Å². The van der Waals surface area contributed by atoms with E-state index in [2.05, 4.69) is 51.0 Å². The molecule has 2 nitrogen and oxygen atoms in total.